The average molecular weight is 346 g/mol. The first-order valence-electron chi connectivity index (χ1n) is 7.57. The number of fused-ring (bicyclic) bond motifs is 1. The predicted octanol–water partition coefficient (Wildman–Crippen LogP) is 2.82. The summed E-state index contributed by atoms with van der Waals surface area (Å²) in [5.41, 5.74) is 3.45. The number of hydrogen-bond acceptors (Lipinski definition) is 4. The average Bonchev–Trinajstić information content (AvgIpc) is 2.76. The number of urea groups is 1. The van der Waals surface area contributed by atoms with Gasteiger partial charge in [0.05, 0.1) is 12.1 Å². The van der Waals surface area contributed by atoms with Crippen molar-refractivity contribution >= 4 is 40.3 Å². The number of aryl methyl sites for hydroxylation is 2. The van der Waals surface area contributed by atoms with Crippen LogP contribution in [0.5, 0.6) is 0 Å². The molecule has 1 saturated heterocycles. The minimum Gasteiger partial charge on any atom is -0.263 e. The van der Waals surface area contributed by atoms with Crippen LogP contribution >= 0.6 is 11.6 Å². The summed E-state index contributed by atoms with van der Waals surface area (Å²) >= 11 is 6.25. The molecule has 0 N–H and O–H groups in total. The highest BCUT2D eigenvalue weighted by Crippen LogP contribution is 2.27. The largest absolute Gasteiger partial charge is 0.334 e. The number of hydrogen-bond donors (Lipinski definition) is 0. The molecule has 1 aromatic heterocycles. The summed E-state index contributed by atoms with van der Waals surface area (Å²) in [5, 5.41) is 1.09. The highest BCUT2D eigenvalue weighted by molar-refractivity contribution is 6.44. The van der Waals surface area contributed by atoms with Gasteiger partial charge in [-0.3, -0.25) is 19.4 Å². The van der Waals surface area contributed by atoms with Gasteiger partial charge < -0.3 is 0 Å². The van der Waals surface area contributed by atoms with Crippen LogP contribution in [-0.4, -0.2) is 39.2 Å². The van der Waals surface area contributed by atoms with Crippen molar-refractivity contribution in [3.05, 3.63) is 40.0 Å². The zero-order valence-electron chi connectivity index (χ0n) is 13.6. The molecule has 3 rings (SSSR count). The summed E-state index contributed by atoms with van der Waals surface area (Å²) < 4.78 is 0. The first-order chi connectivity index (χ1) is 11.3. The van der Waals surface area contributed by atoms with Gasteiger partial charge in [0.1, 0.15) is 5.15 Å². The van der Waals surface area contributed by atoms with E-state index in [4.69, 9.17) is 11.6 Å². The Morgan fingerprint density at radius 1 is 1.08 bits per heavy atom. The fraction of sp³-hybridized carbons (Fsp3) is 0.294. The summed E-state index contributed by atoms with van der Waals surface area (Å²) in [6.45, 7) is 5.68. The van der Waals surface area contributed by atoms with Gasteiger partial charge in [0.2, 0.25) is 0 Å². The lowest BCUT2D eigenvalue weighted by Crippen LogP contribution is -2.33. The molecule has 1 fully saturated rings. The molecule has 0 radical (unpaired) electrons. The molecule has 24 heavy (non-hydrogen) atoms. The molecular formula is C17H16ClN3O3. The summed E-state index contributed by atoms with van der Waals surface area (Å²) in [7, 11) is 0. The predicted molar refractivity (Wildman–Crippen MR) is 89.6 cm³/mol. The standard InChI is InChI=1S/C17H16ClN3O3/c1-4-20-15(22)16(23)21(17(20)24)8-12-7-11-6-5-9(2)10(3)13(11)19-14(12)18/h5-7H,4,8H2,1-3H3. The fourth-order valence-electron chi connectivity index (χ4n) is 2.75. The van der Waals surface area contributed by atoms with Crippen molar-refractivity contribution in [2.24, 2.45) is 0 Å². The summed E-state index contributed by atoms with van der Waals surface area (Å²) in [6.07, 6.45) is 0. The first-order valence-corrected chi connectivity index (χ1v) is 7.95. The lowest BCUT2D eigenvalue weighted by molar-refractivity contribution is -0.143. The lowest BCUT2D eigenvalue weighted by atomic mass is 10.0. The molecule has 0 aliphatic carbocycles. The van der Waals surface area contributed by atoms with Crippen molar-refractivity contribution in [2.45, 2.75) is 27.3 Å². The van der Waals surface area contributed by atoms with E-state index < -0.39 is 17.8 Å². The normalized spacial score (nSPS) is 15.1. The summed E-state index contributed by atoms with van der Waals surface area (Å²) in [6, 6.07) is 5.08. The number of aromatic nitrogens is 1. The topological polar surface area (TPSA) is 70.6 Å². The Kier molecular flexibility index (Phi) is 4.01. The molecule has 0 spiro atoms. The fourth-order valence-corrected chi connectivity index (χ4v) is 2.95. The van der Waals surface area contributed by atoms with Crippen LogP contribution in [0.1, 0.15) is 23.6 Å². The summed E-state index contributed by atoms with van der Waals surface area (Å²) in [5.74, 6) is -1.64. The number of likely N-dealkylation sites (N-methyl/N-ethyl adjacent to an activating group) is 1. The van der Waals surface area contributed by atoms with Crippen molar-refractivity contribution in [1.29, 1.82) is 0 Å². The van der Waals surface area contributed by atoms with Crippen LogP contribution in [0, 0.1) is 13.8 Å². The number of benzene rings is 1. The Morgan fingerprint density at radius 3 is 2.38 bits per heavy atom. The van der Waals surface area contributed by atoms with E-state index in [-0.39, 0.29) is 18.2 Å². The van der Waals surface area contributed by atoms with Gasteiger partial charge in [-0.1, -0.05) is 23.7 Å². The number of carbonyl (C=O) groups is 3. The van der Waals surface area contributed by atoms with Gasteiger partial charge in [0.15, 0.2) is 0 Å². The minimum atomic E-state index is -0.835. The summed E-state index contributed by atoms with van der Waals surface area (Å²) in [4.78, 5) is 42.2. The molecule has 4 amide bonds. The zero-order valence-corrected chi connectivity index (χ0v) is 14.3. The van der Waals surface area contributed by atoms with E-state index in [1.54, 1.807) is 13.0 Å². The monoisotopic (exact) mass is 345 g/mol. The van der Waals surface area contributed by atoms with Crippen molar-refractivity contribution in [1.82, 2.24) is 14.8 Å². The van der Waals surface area contributed by atoms with Gasteiger partial charge in [-0.25, -0.2) is 9.78 Å². The molecule has 0 unspecified atom stereocenters. The second-order valence-corrected chi connectivity index (χ2v) is 6.10. The molecule has 7 heteroatoms. The van der Waals surface area contributed by atoms with E-state index in [2.05, 4.69) is 4.98 Å². The number of pyridine rings is 1. The van der Waals surface area contributed by atoms with Gasteiger partial charge in [-0.05, 0) is 38.0 Å². The van der Waals surface area contributed by atoms with Gasteiger partial charge in [-0.2, -0.15) is 0 Å². The maximum Gasteiger partial charge on any atom is 0.334 e. The molecule has 1 aromatic carbocycles. The molecule has 0 bridgehead atoms. The maximum absolute atomic E-state index is 12.2. The van der Waals surface area contributed by atoms with E-state index in [1.165, 1.54) is 0 Å². The lowest BCUT2D eigenvalue weighted by Gasteiger charge is -2.15. The molecule has 2 heterocycles. The molecule has 124 valence electrons. The zero-order chi connectivity index (χ0) is 17.6. The van der Waals surface area contributed by atoms with Crippen molar-refractivity contribution in [2.75, 3.05) is 6.54 Å². The van der Waals surface area contributed by atoms with Crippen LogP contribution in [-0.2, 0) is 16.1 Å². The Bertz CT molecular complexity index is 894. The Morgan fingerprint density at radius 2 is 1.75 bits per heavy atom. The molecule has 2 aromatic rings. The number of carbonyl (C=O) groups excluding carboxylic acids is 3. The minimum absolute atomic E-state index is 0.0748. The van der Waals surface area contributed by atoms with Crippen molar-refractivity contribution in [3.63, 3.8) is 0 Å². The number of nitrogens with zero attached hydrogens (tertiary/aromatic N) is 3. The van der Waals surface area contributed by atoms with Crippen LogP contribution in [0.15, 0.2) is 18.2 Å². The van der Waals surface area contributed by atoms with Crippen LogP contribution in [0.2, 0.25) is 5.15 Å². The third-order valence-electron chi connectivity index (χ3n) is 4.32. The van der Waals surface area contributed by atoms with Crippen LogP contribution in [0.25, 0.3) is 10.9 Å². The second-order valence-electron chi connectivity index (χ2n) is 5.74. The molecule has 1 aliphatic rings. The molecule has 6 nitrogen and oxygen atoms in total. The second kappa shape index (κ2) is 5.87. The highest BCUT2D eigenvalue weighted by Gasteiger charge is 2.43. The highest BCUT2D eigenvalue weighted by atomic mass is 35.5. The third-order valence-corrected chi connectivity index (χ3v) is 4.64. The quantitative estimate of drug-likeness (QED) is 0.487. The van der Waals surface area contributed by atoms with Gasteiger partial charge in [0, 0.05) is 17.5 Å². The number of halogens is 1. The van der Waals surface area contributed by atoms with E-state index in [9.17, 15) is 14.4 Å². The smallest absolute Gasteiger partial charge is 0.263 e. The van der Waals surface area contributed by atoms with Gasteiger partial charge in [0.25, 0.3) is 0 Å². The van der Waals surface area contributed by atoms with Crippen molar-refractivity contribution in [3.8, 4) is 0 Å². The number of imide groups is 2. The SMILES string of the molecule is CCN1C(=O)C(=O)N(Cc2cc3ccc(C)c(C)c3nc2Cl)C1=O. The maximum atomic E-state index is 12.2. The molecule has 1 aliphatic heterocycles. The van der Waals surface area contributed by atoms with E-state index in [1.807, 2.05) is 26.0 Å². The van der Waals surface area contributed by atoms with Gasteiger partial charge in [-0.15, -0.1) is 0 Å². The Hall–Kier alpha value is -2.47. The Balaban J connectivity index is 2.00. The van der Waals surface area contributed by atoms with Gasteiger partial charge >= 0.3 is 17.8 Å². The molecule has 0 atom stereocenters. The van der Waals surface area contributed by atoms with E-state index >= 15 is 0 Å². The first kappa shape index (κ1) is 16.4. The van der Waals surface area contributed by atoms with Crippen molar-refractivity contribution < 1.29 is 14.4 Å². The van der Waals surface area contributed by atoms with Crippen LogP contribution < -0.4 is 0 Å². The molecular weight excluding hydrogens is 330 g/mol. The van der Waals surface area contributed by atoms with E-state index in [0.717, 1.165) is 31.8 Å². The van der Waals surface area contributed by atoms with E-state index in [0.29, 0.717) is 5.56 Å². The number of rotatable bonds is 3. The molecule has 0 saturated carbocycles. The van der Waals surface area contributed by atoms with Crippen LogP contribution in [0.4, 0.5) is 4.79 Å². The van der Waals surface area contributed by atoms with Crippen LogP contribution in [0.3, 0.4) is 0 Å². The Labute approximate surface area is 144 Å². The third kappa shape index (κ3) is 2.43. The number of amides is 4.